The first-order valence-corrected chi connectivity index (χ1v) is 24.0. The predicted octanol–water partition coefficient (Wildman–Crippen LogP) is 12.7. The lowest BCUT2D eigenvalue weighted by Gasteiger charge is -2.39. The zero-order valence-electron chi connectivity index (χ0n) is 39.3. The van der Waals surface area contributed by atoms with Crippen LogP contribution in [-0.4, -0.2) is 69.6 Å². The number of hydrogen-bond donors (Lipinski definition) is 2. The molecule has 3 aromatic carbocycles. The third-order valence-corrected chi connectivity index (χ3v) is 12.8. The van der Waals surface area contributed by atoms with E-state index in [9.17, 15) is 9.90 Å². The number of halogens is 2. The largest absolute Gasteiger partial charge is 0.508 e. The molecule has 1 aliphatic heterocycles. The summed E-state index contributed by atoms with van der Waals surface area (Å²) in [4.78, 5) is 46.0. The van der Waals surface area contributed by atoms with Gasteiger partial charge in [0.2, 0.25) is 0 Å². The Morgan fingerprint density at radius 3 is 2.32 bits per heavy atom. The van der Waals surface area contributed by atoms with E-state index < -0.39 is 17.5 Å². The summed E-state index contributed by atoms with van der Waals surface area (Å²) in [6.07, 6.45) is 10.5. The van der Waals surface area contributed by atoms with Crippen molar-refractivity contribution in [2.75, 3.05) is 29.9 Å². The summed E-state index contributed by atoms with van der Waals surface area (Å²) in [6, 6.07) is 17.9. The molecule has 1 amide bonds. The molecular formula is C51H65Cl2N7O5. The number of anilines is 2. The van der Waals surface area contributed by atoms with Gasteiger partial charge in [0.15, 0.2) is 17.1 Å². The number of aryl methyl sites for hydroxylation is 1. The van der Waals surface area contributed by atoms with Crippen molar-refractivity contribution in [3.05, 3.63) is 93.1 Å². The number of nitrogens with zero attached hydrogens (tertiary/aromatic N) is 6. The van der Waals surface area contributed by atoms with Gasteiger partial charge in [0.1, 0.15) is 23.0 Å². The second kappa shape index (κ2) is 21.9. The highest BCUT2D eigenvalue weighted by atomic mass is 35.5. The van der Waals surface area contributed by atoms with Gasteiger partial charge in [-0.05, 0) is 112 Å². The lowest BCUT2D eigenvalue weighted by molar-refractivity contribution is -0.137. The maximum Gasteiger partial charge on any atom is 0.358 e. The van der Waals surface area contributed by atoms with Crippen molar-refractivity contribution < 1.29 is 24.2 Å². The number of rotatable bonds is 12. The number of aromatic hydroxyl groups is 1. The molecule has 348 valence electrons. The summed E-state index contributed by atoms with van der Waals surface area (Å²) in [5, 5.41) is 19.5. The normalized spacial score (nSPS) is 19.2. The highest BCUT2D eigenvalue weighted by Crippen LogP contribution is 2.40. The second-order valence-corrected chi connectivity index (χ2v) is 19.0. The molecule has 12 nitrogen and oxygen atoms in total. The summed E-state index contributed by atoms with van der Waals surface area (Å²) in [5.41, 5.74) is 2.52. The Kier molecular flexibility index (Phi) is 16.6. The molecule has 1 fully saturated rings. The highest BCUT2D eigenvalue weighted by molar-refractivity contribution is 6.55. The molecule has 2 aliphatic rings. The average Bonchev–Trinajstić information content (AvgIpc) is 3.87. The van der Waals surface area contributed by atoms with Gasteiger partial charge in [-0.25, -0.2) is 14.8 Å². The van der Waals surface area contributed by atoms with E-state index in [-0.39, 0.29) is 47.0 Å². The maximum absolute atomic E-state index is 15.4. The topological polar surface area (TPSA) is 143 Å². The molecule has 14 heteroatoms. The third kappa shape index (κ3) is 11.8. The average molecular weight is 927 g/mol. The van der Waals surface area contributed by atoms with E-state index in [1.54, 1.807) is 37.3 Å². The van der Waals surface area contributed by atoms with Crippen LogP contribution in [0.15, 0.2) is 75.6 Å². The minimum absolute atomic E-state index is 0.0417. The molecule has 2 atom stereocenters. The fourth-order valence-corrected chi connectivity index (χ4v) is 9.12. The standard InChI is InChI=1S/C51H65Cl2N7O5/c1-9-28-59(10-2)36-22-25-41(33(4)29-36)54-46-45(38-24-21-35(52)30-40(38)53)56-49(57-46)60-44(32-42(58-60)47(62)64-11-3)55-48(63)51(27-19-17-15-13-12-14-16-18-20-34(51)5)65-37-23-26-43(61)39(31-37)50(6,7)8/h21-26,29-32,34,61H,9-20,27-28H2,1-8H3,(H,55,63). The van der Waals surface area contributed by atoms with Crippen LogP contribution < -0.4 is 15.0 Å². The molecule has 0 saturated heterocycles. The Morgan fingerprint density at radius 1 is 0.938 bits per heavy atom. The van der Waals surface area contributed by atoms with Crippen LogP contribution >= 0.6 is 23.2 Å². The smallest absolute Gasteiger partial charge is 0.358 e. The van der Waals surface area contributed by atoms with Gasteiger partial charge in [-0.1, -0.05) is 103 Å². The number of aliphatic imine (C=N–C) groups is 3. The van der Waals surface area contributed by atoms with Crippen LogP contribution in [0.1, 0.15) is 146 Å². The number of esters is 1. The van der Waals surface area contributed by atoms with Gasteiger partial charge in [-0.2, -0.15) is 14.8 Å². The lowest BCUT2D eigenvalue weighted by atomic mass is 9.79. The van der Waals surface area contributed by atoms with Crippen LogP contribution in [0.5, 0.6) is 11.5 Å². The molecule has 6 rings (SSSR count). The Bertz CT molecular complexity index is 2440. The summed E-state index contributed by atoms with van der Waals surface area (Å²) in [5.74, 6) is -0.232. The van der Waals surface area contributed by atoms with E-state index in [0.29, 0.717) is 44.7 Å². The van der Waals surface area contributed by atoms with Crippen LogP contribution in [0.25, 0.3) is 0 Å². The van der Waals surface area contributed by atoms with Crippen molar-refractivity contribution in [2.24, 2.45) is 20.9 Å². The molecule has 0 bridgehead atoms. The molecule has 1 aliphatic carbocycles. The number of phenols is 1. The van der Waals surface area contributed by atoms with Gasteiger partial charge < -0.3 is 24.8 Å². The molecule has 1 aromatic heterocycles. The summed E-state index contributed by atoms with van der Waals surface area (Å²) < 4.78 is 13.8. The Balaban J connectivity index is 1.48. The number of aromatic nitrogens is 2. The SMILES string of the molecule is CCCN(CC)c1ccc(N=C2N=C(n3nc(C(=O)OCC)cc3NC(=O)C3(Oc4ccc(O)c(C(C)(C)C)c4)CCCCCCCCCCC3C)N=C2c2ccc(Cl)cc2Cl)c(C)c1. The zero-order chi connectivity index (χ0) is 46.9. The Labute approximate surface area is 394 Å². The van der Waals surface area contributed by atoms with Gasteiger partial charge in [0.25, 0.3) is 11.9 Å². The van der Waals surface area contributed by atoms with Gasteiger partial charge in [0, 0.05) is 46.9 Å². The van der Waals surface area contributed by atoms with Gasteiger partial charge in [-0.3, -0.25) is 4.79 Å². The number of carbonyl (C=O) groups is 2. The van der Waals surface area contributed by atoms with Crippen LogP contribution in [0.2, 0.25) is 10.0 Å². The fourth-order valence-electron chi connectivity index (χ4n) is 8.63. The minimum Gasteiger partial charge on any atom is -0.508 e. The first-order valence-electron chi connectivity index (χ1n) is 23.3. The number of carbonyl (C=O) groups excluding carboxylic acids is 2. The quantitative estimate of drug-likeness (QED) is 0.135. The maximum atomic E-state index is 15.4. The van der Waals surface area contributed by atoms with Crippen LogP contribution in [-0.2, 0) is 14.9 Å². The molecule has 0 spiro atoms. The van der Waals surface area contributed by atoms with Gasteiger partial charge in [-0.15, -0.1) is 0 Å². The molecule has 2 unspecified atom stereocenters. The van der Waals surface area contributed by atoms with E-state index in [1.807, 2.05) is 45.9 Å². The van der Waals surface area contributed by atoms with Crippen molar-refractivity contribution in [1.82, 2.24) is 9.78 Å². The predicted molar refractivity (Wildman–Crippen MR) is 265 cm³/mol. The van der Waals surface area contributed by atoms with Crippen molar-refractivity contribution in [2.45, 2.75) is 137 Å². The molecule has 2 N–H and O–H groups in total. The van der Waals surface area contributed by atoms with Gasteiger partial charge in [0.05, 0.1) is 17.3 Å². The first kappa shape index (κ1) is 49.2. The lowest BCUT2D eigenvalue weighted by Crippen LogP contribution is -2.53. The number of hydrogen-bond acceptors (Lipinski definition) is 9. The van der Waals surface area contributed by atoms with Crippen LogP contribution in [0.3, 0.4) is 0 Å². The number of amides is 1. The van der Waals surface area contributed by atoms with E-state index in [0.717, 1.165) is 82.1 Å². The zero-order valence-corrected chi connectivity index (χ0v) is 40.8. The first-order chi connectivity index (χ1) is 31.1. The summed E-state index contributed by atoms with van der Waals surface area (Å²) >= 11 is 13.2. The molecule has 4 aromatic rings. The van der Waals surface area contributed by atoms with Crippen molar-refractivity contribution in [3.63, 3.8) is 0 Å². The number of ether oxygens (including phenoxy) is 2. The van der Waals surface area contributed by atoms with Crippen LogP contribution in [0.4, 0.5) is 17.2 Å². The second-order valence-electron chi connectivity index (χ2n) is 18.2. The molecule has 2 heterocycles. The Morgan fingerprint density at radius 2 is 1.66 bits per heavy atom. The van der Waals surface area contributed by atoms with Crippen molar-refractivity contribution in [3.8, 4) is 11.5 Å². The molecule has 0 radical (unpaired) electrons. The molecule has 1 saturated carbocycles. The summed E-state index contributed by atoms with van der Waals surface area (Å²) in [6.45, 7) is 18.1. The van der Waals surface area contributed by atoms with Gasteiger partial charge >= 0.3 is 5.97 Å². The van der Waals surface area contributed by atoms with Crippen LogP contribution in [0, 0.1) is 12.8 Å². The van der Waals surface area contributed by atoms with Crippen molar-refractivity contribution in [1.29, 1.82) is 0 Å². The highest BCUT2D eigenvalue weighted by Gasteiger charge is 2.46. The minimum atomic E-state index is -1.35. The number of amidine groups is 1. The molecule has 65 heavy (non-hydrogen) atoms. The number of nitrogens with one attached hydrogen (secondary N) is 1. The summed E-state index contributed by atoms with van der Waals surface area (Å²) in [7, 11) is 0. The van der Waals surface area contributed by atoms with E-state index >= 15 is 4.79 Å². The van der Waals surface area contributed by atoms with E-state index in [4.69, 9.17) is 47.7 Å². The fraction of sp³-hybridized carbons (Fsp3) is 0.490. The molecular weight excluding hydrogens is 862 g/mol. The monoisotopic (exact) mass is 925 g/mol. The third-order valence-electron chi connectivity index (χ3n) is 12.3. The number of benzene rings is 3. The van der Waals surface area contributed by atoms with E-state index in [2.05, 4.69) is 42.2 Å². The van der Waals surface area contributed by atoms with Crippen molar-refractivity contribution >= 4 is 69.8 Å². The van der Waals surface area contributed by atoms with E-state index in [1.165, 1.54) is 17.2 Å². The Hall–Kier alpha value is -5.20. The number of phenolic OH excluding ortho intramolecular Hbond substituents is 1.